The molecule has 6 aromatic carbocycles. The van der Waals surface area contributed by atoms with Gasteiger partial charge in [0, 0.05) is 0 Å². The molecule has 3 nitrogen and oxygen atoms in total. The van der Waals surface area contributed by atoms with Crippen LogP contribution in [0.5, 0.6) is 0 Å². The standard InChI is InChI=1S/C36H31O3PSi2/c37-40(38-41(31-19-7-1-8-20-31,32-21-9-2-10-22-32)33-23-11-3-12-24-33)39-42(34-25-13-4-14-26-34,35-27-15-5-16-28-35)36-29-17-6-18-30-36/h1-30,40H. The average molecular weight is 599 g/mol. The predicted molar refractivity (Wildman–Crippen MR) is 179 cm³/mol. The molecule has 0 N–H and O–H groups in total. The van der Waals surface area contributed by atoms with E-state index >= 15 is 0 Å². The molecule has 6 aromatic rings. The van der Waals surface area contributed by atoms with Gasteiger partial charge in [-0.3, -0.25) is 4.57 Å². The van der Waals surface area contributed by atoms with E-state index in [-0.39, 0.29) is 0 Å². The van der Waals surface area contributed by atoms with Crippen molar-refractivity contribution in [2.45, 2.75) is 0 Å². The maximum atomic E-state index is 14.7. The summed E-state index contributed by atoms with van der Waals surface area (Å²) in [4.78, 5) is 0. The van der Waals surface area contributed by atoms with Crippen molar-refractivity contribution in [2.75, 3.05) is 0 Å². The van der Waals surface area contributed by atoms with Gasteiger partial charge in [-0.2, -0.15) is 0 Å². The van der Waals surface area contributed by atoms with Gasteiger partial charge in [0.15, 0.2) is 0 Å². The van der Waals surface area contributed by atoms with Crippen LogP contribution in [0.1, 0.15) is 0 Å². The first-order valence-electron chi connectivity index (χ1n) is 14.0. The first kappa shape index (κ1) is 28.0. The quantitative estimate of drug-likeness (QED) is 0.130. The summed E-state index contributed by atoms with van der Waals surface area (Å²) >= 11 is 0. The van der Waals surface area contributed by atoms with Gasteiger partial charge in [0.2, 0.25) is 0 Å². The molecule has 0 fully saturated rings. The average Bonchev–Trinajstić information content (AvgIpc) is 3.08. The van der Waals surface area contributed by atoms with E-state index in [4.69, 9.17) is 8.43 Å². The van der Waals surface area contributed by atoms with E-state index in [1.807, 2.05) is 109 Å². The molecule has 6 rings (SSSR count). The molecule has 0 aliphatic rings. The molecule has 0 atom stereocenters. The Balaban J connectivity index is 1.55. The lowest BCUT2D eigenvalue weighted by Crippen LogP contribution is -2.70. The SMILES string of the molecule is O=[PH](O[Si](c1ccccc1)(c1ccccc1)c1ccccc1)O[Si](c1ccccc1)(c1ccccc1)c1ccccc1. The lowest BCUT2D eigenvalue weighted by atomic mass is 10.3. The van der Waals surface area contributed by atoms with Crippen LogP contribution in [0.4, 0.5) is 0 Å². The highest BCUT2D eigenvalue weighted by atomic mass is 31.1. The van der Waals surface area contributed by atoms with Crippen molar-refractivity contribution < 1.29 is 13.0 Å². The lowest BCUT2D eigenvalue weighted by molar-refractivity contribution is 0.424. The number of rotatable bonds is 10. The Morgan fingerprint density at radius 2 is 0.476 bits per heavy atom. The van der Waals surface area contributed by atoms with E-state index in [1.165, 1.54) is 0 Å². The molecule has 206 valence electrons. The van der Waals surface area contributed by atoms with Crippen LogP contribution in [0.25, 0.3) is 0 Å². The largest absolute Gasteiger partial charge is 0.339 e. The Kier molecular flexibility index (Phi) is 8.56. The minimum Gasteiger partial charge on any atom is -0.339 e. The van der Waals surface area contributed by atoms with Gasteiger partial charge < -0.3 is 8.43 Å². The van der Waals surface area contributed by atoms with Gasteiger partial charge >= 0.3 is 8.25 Å². The topological polar surface area (TPSA) is 35.5 Å². The minimum atomic E-state index is -3.26. The van der Waals surface area contributed by atoms with E-state index in [0.29, 0.717) is 0 Å². The van der Waals surface area contributed by atoms with Crippen molar-refractivity contribution in [1.29, 1.82) is 0 Å². The fraction of sp³-hybridized carbons (Fsp3) is 0. The summed E-state index contributed by atoms with van der Waals surface area (Å²) in [5, 5.41) is 6.06. The molecule has 0 aromatic heterocycles. The first-order valence-corrected chi connectivity index (χ1v) is 19.0. The van der Waals surface area contributed by atoms with Gasteiger partial charge in [-0.15, -0.1) is 0 Å². The molecule has 0 saturated heterocycles. The van der Waals surface area contributed by atoms with Crippen molar-refractivity contribution in [3.8, 4) is 0 Å². The van der Waals surface area contributed by atoms with E-state index in [9.17, 15) is 4.57 Å². The van der Waals surface area contributed by atoms with Gasteiger partial charge in [0.25, 0.3) is 16.6 Å². The van der Waals surface area contributed by atoms with Crippen LogP contribution >= 0.6 is 8.25 Å². The smallest absolute Gasteiger partial charge is 0.301 e. The molecule has 0 amide bonds. The maximum absolute atomic E-state index is 14.7. The molecule has 0 spiro atoms. The van der Waals surface area contributed by atoms with Gasteiger partial charge in [0.05, 0.1) is 0 Å². The van der Waals surface area contributed by atoms with Crippen molar-refractivity contribution in [3.05, 3.63) is 182 Å². The molecule has 0 radical (unpaired) electrons. The van der Waals surface area contributed by atoms with Crippen LogP contribution in [-0.2, 0) is 13.0 Å². The van der Waals surface area contributed by atoms with Crippen LogP contribution in [0.2, 0.25) is 0 Å². The Hall–Kier alpha value is -4.10. The van der Waals surface area contributed by atoms with Gasteiger partial charge in [0.1, 0.15) is 0 Å². The third-order valence-electron chi connectivity index (χ3n) is 7.55. The summed E-state index contributed by atoms with van der Waals surface area (Å²) in [6.45, 7) is 0. The maximum Gasteiger partial charge on any atom is 0.301 e. The van der Waals surface area contributed by atoms with Crippen molar-refractivity contribution in [3.63, 3.8) is 0 Å². The van der Waals surface area contributed by atoms with Gasteiger partial charge in [-0.25, -0.2) is 0 Å². The normalized spacial score (nSPS) is 11.8. The zero-order chi connectivity index (χ0) is 28.7. The molecule has 0 bridgehead atoms. The van der Waals surface area contributed by atoms with Gasteiger partial charge in [-0.05, 0) is 31.1 Å². The van der Waals surface area contributed by atoms with E-state index in [2.05, 4.69) is 72.8 Å². The molecular weight excluding hydrogens is 568 g/mol. The van der Waals surface area contributed by atoms with E-state index < -0.39 is 24.9 Å². The highest BCUT2D eigenvalue weighted by molar-refractivity contribution is 7.41. The zero-order valence-electron chi connectivity index (χ0n) is 23.0. The van der Waals surface area contributed by atoms with E-state index in [0.717, 1.165) is 31.1 Å². The van der Waals surface area contributed by atoms with Crippen LogP contribution in [0.3, 0.4) is 0 Å². The highest BCUT2D eigenvalue weighted by Crippen LogP contribution is 2.33. The molecule has 0 saturated carbocycles. The van der Waals surface area contributed by atoms with Gasteiger partial charge in [-0.1, -0.05) is 182 Å². The summed E-state index contributed by atoms with van der Waals surface area (Å²) < 4.78 is 28.8. The lowest BCUT2D eigenvalue weighted by Gasteiger charge is -2.36. The fourth-order valence-electron chi connectivity index (χ4n) is 5.66. The van der Waals surface area contributed by atoms with E-state index in [1.54, 1.807) is 0 Å². The second kappa shape index (κ2) is 12.8. The first-order chi connectivity index (χ1) is 20.7. The van der Waals surface area contributed by atoms with Crippen molar-refractivity contribution in [2.24, 2.45) is 0 Å². The second-order valence-corrected chi connectivity index (χ2v) is 18.3. The fourth-order valence-corrected chi connectivity index (χ4v) is 17.0. The minimum absolute atomic E-state index is 1.01. The Labute approximate surface area is 250 Å². The van der Waals surface area contributed by atoms with Crippen LogP contribution in [0.15, 0.2) is 182 Å². The molecule has 0 aliphatic heterocycles. The summed E-state index contributed by atoms with van der Waals surface area (Å²) in [5.74, 6) is 0. The zero-order valence-corrected chi connectivity index (χ0v) is 26.0. The third-order valence-corrected chi connectivity index (χ3v) is 18.2. The summed E-state index contributed by atoms with van der Waals surface area (Å²) in [5.41, 5.74) is 0. The molecule has 6 heteroatoms. The molecule has 0 aliphatic carbocycles. The molecule has 0 heterocycles. The summed E-state index contributed by atoms with van der Waals surface area (Å²) in [7, 11) is -9.63. The monoisotopic (exact) mass is 598 g/mol. The number of hydrogen-bond acceptors (Lipinski definition) is 3. The summed E-state index contributed by atoms with van der Waals surface area (Å²) in [6, 6.07) is 61.1. The van der Waals surface area contributed by atoms with Crippen LogP contribution in [-0.4, -0.2) is 16.6 Å². The van der Waals surface area contributed by atoms with Crippen molar-refractivity contribution >= 4 is 56.0 Å². The molecule has 0 unspecified atom stereocenters. The Morgan fingerprint density at radius 1 is 0.310 bits per heavy atom. The molecular formula is C36H31O3PSi2. The molecule has 42 heavy (non-hydrogen) atoms. The summed E-state index contributed by atoms with van der Waals surface area (Å²) in [6.07, 6.45) is 0. The Bertz CT molecular complexity index is 1400. The number of benzene rings is 6. The third kappa shape index (κ3) is 5.41. The van der Waals surface area contributed by atoms with Crippen LogP contribution in [0, 0.1) is 0 Å². The number of hydrogen-bond donors (Lipinski definition) is 0. The second-order valence-electron chi connectivity index (χ2n) is 10.0. The highest BCUT2D eigenvalue weighted by Gasteiger charge is 2.48. The predicted octanol–water partition coefficient (Wildman–Crippen LogP) is 4.74. The Morgan fingerprint density at radius 3 is 0.643 bits per heavy atom. The van der Waals surface area contributed by atoms with Crippen LogP contribution < -0.4 is 31.1 Å². The van der Waals surface area contributed by atoms with Crippen molar-refractivity contribution in [1.82, 2.24) is 0 Å².